The molecule has 148 valence electrons. The van der Waals surface area contributed by atoms with Crippen LogP contribution in [0.1, 0.15) is 22.8 Å². The van der Waals surface area contributed by atoms with Crippen molar-refractivity contribution in [3.8, 4) is 5.69 Å². The number of rotatable bonds is 5. The minimum Gasteiger partial charge on any atom is -0.291 e. The number of aliphatic imine (C=N–C) groups is 1. The molecule has 1 aromatic heterocycles. The number of halogens is 1. The van der Waals surface area contributed by atoms with Crippen LogP contribution in [0.15, 0.2) is 47.5 Å². The topological polar surface area (TPSA) is 98.7 Å². The fourth-order valence-corrected chi connectivity index (χ4v) is 3.22. The van der Waals surface area contributed by atoms with Crippen LogP contribution in [0.3, 0.4) is 0 Å². The smallest absolute Gasteiger partial charge is 0.291 e. The minimum atomic E-state index is -0.483. The summed E-state index contributed by atoms with van der Waals surface area (Å²) in [6, 6.07) is 10.8. The quantitative estimate of drug-likeness (QED) is 0.486. The SMILES string of the molecule is CN(C)OCc1nnc2n1-c1c(cccc1[N+](=O)[O-])C(c1ccccc1F)=NC2. The number of benzene rings is 2. The Kier molecular flexibility index (Phi) is 4.87. The maximum Gasteiger partial charge on any atom is 0.294 e. The Morgan fingerprint density at radius 2 is 1.93 bits per heavy atom. The second-order valence-corrected chi connectivity index (χ2v) is 6.53. The highest BCUT2D eigenvalue weighted by atomic mass is 19.1. The van der Waals surface area contributed by atoms with Crippen LogP contribution < -0.4 is 0 Å². The van der Waals surface area contributed by atoms with Crippen molar-refractivity contribution in [1.29, 1.82) is 0 Å². The molecule has 1 aliphatic heterocycles. The maximum atomic E-state index is 14.5. The lowest BCUT2D eigenvalue weighted by Crippen LogP contribution is -2.16. The zero-order valence-electron chi connectivity index (χ0n) is 15.7. The molecule has 4 rings (SSSR count). The first-order chi connectivity index (χ1) is 14.0. The van der Waals surface area contributed by atoms with Crippen LogP contribution in [0.25, 0.3) is 5.69 Å². The Labute approximate surface area is 165 Å². The first kappa shape index (κ1) is 18.8. The van der Waals surface area contributed by atoms with E-state index in [1.807, 2.05) is 0 Å². The van der Waals surface area contributed by atoms with Gasteiger partial charge in [-0.1, -0.05) is 24.3 Å². The zero-order valence-corrected chi connectivity index (χ0v) is 15.7. The molecule has 10 heteroatoms. The van der Waals surface area contributed by atoms with Crippen molar-refractivity contribution in [3.63, 3.8) is 0 Å². The summed E-state index contributed by atoms with van der Waals surface area (Å²) in [5, 5.41) is 21.6. The van der Waals surface area contributed by atoms with Crippen molar-refractivity contribution in [2.45, 2.75) is 13.2 Å². The van der Waals surface area contributed by atoms with E-state index in [9.17, 15) is 14.5 Å². The van der Waals surface area contributed by atoms with Gasteiger partial charge in [0.1, 0.15) is 24.7 Å². The molecule has 0 bridgehead atoms. The molecular formula is C19H17FN6O3. The third-order valence-electron chi connectivity index (χ3n) is 4.45. The van der Waals surface area contributed by atoms with Crippen LogP contribution in [0.4, 0.5) is 10.1 Å². The maximum absolute atomic E-state index is 14.5. The Hall–Kier alpha value is -3.50. The monoisotopic (exact) mass is 396 g/mol. The van der Waals surface area contributed by atoms with Gasteiger partial charge < -0.3 is 0 Å². The molecule has 0 spiro atoms. The number of aromatic nitrogens is 3. The molecule has 0 amide bonds. The highest BCUT2D eigenvalue weighted by Gasteiger charge is 2.30. The van der Waals surface area contributed by atoms with Gasteiger partial charge >= 0.3 is 0 Å². The lowest BCUT2D eigenvalue weighted by atomic mass is 9.99. The number of nitrogens with zero attached hydrogens (tertiary/aromatic N) is 6. The minimum absolute atomic E-state index is 0.0561. The van der Waals surface area contributed by atoms with Crippen LogP contribution in [0.2, 0.25) is 0 Å². The molecule has 2 aromatic carbocycles. The molecule has 0 unspecified atom stereocenters. The average molecular weight is 396 g/mol. The fourth-order valence-electron chi connectivity index (χ4n) is 3.22. The fraction of sp³-hybridized carbons (Fsp3) is 0.211. The largest absolute Gasteiger partial charge is 0.294 e. The molecule has 0 N–H and O–H groups in total. The molecule has 29 heavy (non-hydrogen) atoms. The third kappa shape index (κ3) is 3.39. The summed E-state index contributed by atoms with van der Waals surface area (Å²) >= 11 is 0. The molecule has 3 aromatic rings. The van der Waals surface area contributed by atoms with Gasteiger partial charge in [0.15, 0.2) is 11.6 Å². The summed E-state index contributed by atoms with van der Waals surface area (Å²) in [7, 11) is 3.44. The van der Waals surface area contributed by atoms with Gasteiger partial charge in [-0.3, -0.25) is 24.5 Å². The first-order valence-electron chi connectivity index (χ1n) is 8.78. The summed E-state index contributed by atoms with van der Waals surface area (Å²) < 4.78 is 16.1. The summed E-state index contributed by atoms with van der Waals surface area (Å²) in [5.41, 5.74) is 1.11. The molecule has 0 fully saturated rings. The van der Waals surface area contributed by atoms with E-state index < -0.39 is 10.7 Å². The number of hydrogen-bond acceptors (Lipinski definition) is 7. The average Bonchev–Trinajstić information content (AvgIpc) is 3.02. The van der Waals surface area contributed by atoms with Gasteiger partial charge in [-0.25, -0.2) is 4.39 Å². The van der Waals surface area contributed by atoms with Crippen LogP contribution >= 0.6 is 0 Å². The number of hydrogen-bond donors (Lipinski definition) is 0. The van der Waals surface area contributed by atoms with Crippen molar-refractivity contribution in [3.05, 3.63) is 81.2 Å². The van der Waals surface area contributed by atoms with Gasteiger partial charge in [-0.2, -0.15) is 5.06 Å². The summed E-state index contributed by atoms with van der Waals surface area (Å²) in [5.74, 6) is 0.330. The Morgan fingerprint density at radius 3 is 2.66 bits per heavy atom. The van der Waals surface area contributed by atoms with Gasteiger partial charge in [-0.05, 0) is 12.1 Å². The van der Waals surface area contributed by atoms with Crippen LogP contribution in [-0.4, -0.2) is 44.6 Å². The predicted octanol–water partition coefficient (Wildman–Crippen LogP) is 2.66. The van der Waals surface area contributed by atoms with Crippen molar-refractivity contribution >= 4 is 11.4 Å². The molecule has 2 heterocycles. The third-order valence-corrected chi connectivity index (χ3v) is 4.45. The van der Waals surface area contributed by atoms with Crippen molar-refractivity contribution in [1.82, 2.24) is 19.8 Å². The van der Waals surface area contributed by atoms with E-state index in [-0.39, 0.29) is 30.1 Å². The second-order valence-electron chi connectivity index (χ2n) is 6.53. The molecule has 9 nitrogen and oxygen atoms in total. The summed E-state index contributed by atoms with van der Waals surface area (Å²) in [4.78, 5) is 21.3. The number of fused-ring (bicyclic) bond motifs is 3. The molecule has 0 radical (unpaired) electrons. The van der Waals surface area contributed by atoms with E-state index >= 15 is 0 Å². The van der Waals surface area contributed by atoms with Crippen molar-refractivity contribution in [2.75, 3.05) is 14.1 Å². The standard InChI is InChI=1S/C19H17FN6O3/c1-24(2)29-11-17-23-22-16-10-21-18(12-6-3-4-8-14(12)20)13-7-5-9-15(26(27)28)19(13)25(16)17/h3-9H,10-11H2,1-2H3. The Bertz CT molecular complexity index is 1120. The highest BCUT2D eigenvalue weighted by molar-refractivity contribution is 6.16. The molecule has 0 aliphatic carbocycles. The van der Waals surface area contributed by atoms with Crippen LogP contribution in [0.5, 0.6) is 0 Å². The van der Waals surface area contributed by atoms with E-state index in [2.05, 4.69) is 15.2 Å². The van der Waals surface area contributed by atoms with E-state index in [1.165, 1.54) is 17.2 Å². The zero-order chi connectivity index (χ0) is 20.5. The Morgan fingerprint density at radius 1 is 1.17 bits per heavy atom. The van der Waals surface area contributed by atoms with Crippen molar-refractivity contribution < 1.29 is 14.2 Å². The molecule has 1 aliphatic rings. The normalized spacial score (nSPS) is 12.9. The Balaban J connectivity index is 1.97. The molecule has 0 saturated heterocycles. The van der Waals surface area contributed by atoms with E-state index in [0.29, 0.717) is 22.9 Å². The number of nitro groups is 1. The van der Waals surface area contributed by atoms with Gasteiger partial charge in [-0.15, -0.1) is 10.2 Å². The highest BCUT2D eigenvalue weighted by Crippen LogP contribution is 2.33. The lowest BCUT2D eigenvalue weighted by molar-refractivity contribution is -0.384. The van der Waals surface area contributed by atoms with Crippen LogP contribution in [-0.2, 0) is 18.0 Å². The summed E-state index contributed by atoms with van der Waals surface area (Å²) in [6.45, 7) is 0.144. The van der Waals surface area contributed by atoms with E-state index in [0.717, 1.165) is 0 Å². The lowest BCUT2D eigenvalue weighted by Gasteiger charge is -2.15. The van der Waals surface area contributed by atoms with Crippen molar-refractivity contribution in [2.24, 2.45) is 4.99 Å². The van der Waals surface area contributed by atoms with Gasteiger partial charge in [0.25, 0.3) is 5.69 Å². The second kappa shape index (κ2) is 7.49. The van der Waals surface area contributed by atoms with Crippen LogP contribution in [0, 0.1) is 15.9 Å². The number of para-hydroxylation sites is 1. The predicted molar refractivity (Wildman–Crippen MR) is 102 cm³/mol. The van der Waals surface area contributed by atoms with Gasteiger partial charge in [0.2, 0.25) is 0 Å². The molecular weight excluding hydrogens is 379 g/mol. The molecule has 0 saturated carbocycles. The first-order valence-corrected chi connectivity index (χ1v) is 8.78. The van der Waals surface area contributed by atoms with E-state index in [1.54, 1.807) is 49.0 Å². The van der Waals surface area contributed by atoms with Gasteiger partial charge in [0, 0.05) is 31.3 Å². The van der Waals surface area contributed by atoms with Gasteiger partial charge in [0.05, 0.1) is 10.6 Å². The molecule has 0 atom stereocenters. The number of nitro benzene ring substituents is 1. The number of hydroxylamine groups is 2. The summed E-state index contributed by atoms with van der Waals surface area (Å²) in [6.07, 6.45) is 0. The van der Waals surface area contributed by atoms with E-state index in [4.69, 9.17) is 4.84 Å².